The molecule has 4 unspecified atom stereocenters. The van der Waals surface area contributed by atoms with Crippen LogP contribution in [0.5, 0.6) is 0 Å². The molecule has 0 aromatic rings. The highest BCUT2D eigenvalue weighted by Crippen LogP contribution is 2.84. The van der Waals surface area contributed by atoms with E-state index in [2.05, 4.69) is 46.4 Å². The van der Waals surface area contributed by atoms with E-state index in [0.717, 1.165) is 37.2 Å². The van der Waals surface area contributed by atoms with Gasteiger partial charge in [-0.2, -0.15) is 0 Å². The van der Waals surface area contributed by atoms with E-state index in [4.69, 9.17) is 14.9 Å². The van der Waals surface area contributed by atoms with Crippen molar-refractivity contribution in [3.05, 3.63) is 24.5 Å². The molecule has 2 N–H and O–H groups in total. The van der Waals surface area contributed by atoms with Crippen molar-refractivity contribution < 1.29 is 19.4 Å². The number of esters is 1. The van der Waals surface area contributed by atoms with E-state index in [1.807, 2.05) is 6.92 Å². The zero-order valence-corrected chi connectivity index (χ0v) is 25.3. The standard InChI is InChI=1S/C34H53NO4/c1-8-24(12-16-36)21(4)31(38-20(2)3)22(5)30-29(39-23(6)37)18-28-27-10-9-25-17-26(35)11-13-33(25)19-34(27,33)15-14-32(28,30)7/h11,13,21-22,24-25,27-31,35-36H,2,8-10,12,14-19H2,1,3-7H3/t21?,22-,24?,25?,27-,28?,29-,30-,31-,32-,33+,34-/m0/s1. The van der Waals surface area contributed by atoms with Crippen LogP contribution in [-0.4, -0.2) is 35.6 Å². The summed E-state index contributed by atoms with van der Waals surface area (Å²) in [6.07, 6.45) is 14.3. The Labute approximate surface area is 236 Å². The van der Waals surface area contributed by atoms with Gasteiger partial charge in [-0.3, -0.25) is 4.79 Å². The first-order valence-corrected chi connectivity index (χ1v) is 15.8. The fourth-order valence-electron chi connectivity index (χ4n) is 11.2. The SMILES string of the molecule is C=C(C)O[C@@H](C(C)C(CC)CCO)[C@@H](C)[C@H]1[C@@H](OC(C)=O)CC2[C@@H]3CCC4CC(=N)C=C[C@@]45C[C@@]35CC[C@@]21C. The van der Waals surface area contributed by atoms with Crippen molar-refractivity contribution in [2.75, 3.05) is 6.61 Å². The molecule has 4 saturated carbocycles. The maximum atomic E-state index is 12.4. The minimum absolute atomic E-state index is 0.0381. The third-order valence-electron chi connectivity index (χ3n) is 12.8. The second-order valence-electron chi connectivity index (χ2n) is 14.5. The van der Waals surface area contributed by atoms with E-state index in [0.29, 0.717) is 34.5 Å². The molecule has 0 bridgehead atoms. The summed E-state index contributed by atoms with van der Waals surface area (Å²) in [6.45, 7) is 17.1. The van der Waals surface area contributed by atoms with E-state index >= 15 is 0 Å². The number of rotatable bonds is 10. The molecule has 5 rings (SSSR count). The first-order valence-electron chi connectivity index (χ1n) is 15.8. The summed E-state index contributed by atoms with van der Waals surface area (Å²) >= 11 is 0. The zero-order valence-electron chi connectivity index (χ0n) is 25.3. The van der Waals surface area contributed by atoms with Crippen molar-refractivity contribution in [2.45, 2.75) is 112 Å². The molecule has 0 aliphatic heterocycles. The van der Waals surface area contributed by atoms with E-state index in [-0.39, 0.29) is 48.0 Å². The maximum Gasteiger partial charge on any atom is 0.302 e. The second kappa shape index (κ2) is 10.3. The molecule has 218 valence electrons. The topological polar surface area (TPSA) is 79.6 Å². The Morgan fingerprint density at radius 1 is 1.23 bits per heavy atom. The third kappa shape index (κ3) is 4.44. The van der Waals surface area contributed by atoms with Gasteiger partial charge in [-0.15, -0.1) is 0 Å². The molecule has 5 nitrogen and oxygen atoms in total. The fraction of sp³-hybridized carbons (Fsp3) is 0.824. The van der Waals surface area contributed by atoms with Gasteiger partial charge < -0.3 is 20.0 Å². The minimum atomic E-state index is -0.174. The maximum absolute atomic E-state index is 12.4. The van der Waals surface area contributed by atoms with Gasteiger partial charge >= 0.3 is 5.97 Å². The van der Waals surface area contributed by atoms with Crippen LogP contribution in [0.1, 0.15) is 99.3 Å². The van der Waals surface area contributed by atoms with Crippen LogP contribution in [0.15, 0.2) is 24.5 Å². The van der Waals surface area contributed by atoms with Crippen LogP contribution in [-0.2, 0) is 14.3 Å². The predicted octanol–water partition coefficient (Wildman–Crippen LogP) is 7.34. The monoisotopic (exact) mass is 539 g/mol. The highest BCUT2D eigenvalue weighted by molar-refractivity contribution is 5.93. The largest absolute Gasteiger partial charge is 0.495 e. The van der Waals surface area contributed by atoms with Crippen LogP contribution < -0.4 is 0 Å². The van der Waals surface area contributed by atoms with Gasteiger partial charge in [-0.05, 0) is 110 Å². The van der Waals surface area contributed by atoms with Crippen LogP contribution in [0.4, 0.5) is 0 Å². The van der Waals surface area contributed by atoms with Crippen LogP contribution in [0, 0.1) is 63.1 Å². The molecule has 39 heavy (non-hydrogen) atoms. The van der Waals surface area contributed by atoms with E-state index in [1.54, 1.807) is 6.92 Å². The lowest BCUT2D eigenvalue weighted by Gasteiger charge is -2.55. The van der Waals surface area contributed by atoms with Crippen molar-refractivity contribution in [2.24, 2.45) is 57.7 Å². The molecule has 5 heteroatoms. The Kier molecular flexibility index (Phi) is 7.66. The second-order valence-corrected chi connectivity index (χ2v) is 14.5. The molecule has 0 amide bonds. The molecule has 0 aromatic carbocycles. The van der Waals surface area contributed by atoms with Crippen molar-refractivity contribution >= 4 is 11.7 Å². The number of hydrogen-bond acceptors (Lipinski definition) is 5. The first-order chi connectivity index (χ1) is 18.4. The van der Waals surface area contributed by atoms with Gasteiger partial charge in [0, 0.05) is 31.1 Å². The molecule has 0 saturated heterocycles. The number of aliphatic hydroxyl groups is 1. The van der Waals surface area contributed by atoms with Crippen LogP contribution in [0.2, 0.25) is 0 Å². The van der Waals surface area contributed by atoms with Crippen molar-refractivity contribution in [3.63, 3.8) is 0 Å². The highest BCUT2D eigenvalue weighted by atomic mass is 16.5. The Morgan fingerprint density at radius 2 is 1.97 bits per heavy atom. The number of nitrogens with one attached hydrogen (secondary N) is 1. The summed E-state index contributed by atoms with van der Waals surface area (Å²) in [7, 11) is 0. The van der Waals surface area contributed by atoms with Crippen molar-refractivity contribution in [1.82, 2.24) is 0 Å². The van der Waals surface area contributed by atoms with Gasteiger partial charge in [-0.25, -0.2) is 0 Å². The summed E-state index contributed by atoms with van der Waals surface area (Å²) in [5, 5.41) is 18.1. The average Bonchev–Trinajstić information content (AvgIpc) is 3.45. The molecule has 12 atom stereocenters. The number of fused-ring (bicyclic) bond motifs is 2. The summed E-state index contributed by atoms with van der Waals surface area (Å²) in [4.78, 5) is 12.4. The van der Waals surface area contributed by atoms with Gasteiger partial charge in [0.05, 0.1) is 5.76 Å². The normalized spacial score (nSPS) is 43.2. The molecule has 4 fully saturated rings. The molecule has 5 aliphatic carbocycles. The Balaban J connectivity index is 1.48. The zero-order chi connectivity index (χ0) is 28.3. The van der Waals surface area contributed by atoms with Gasteiger partial charge in [-0.1, -0.05) is 46.8 Å². The molecule has 5 aliphatic rings. The lowest BCUT2D eigenvalue weighted by Crippen LogP contribution is -2.51. The number of aliphatic hydroxyl groups excluding tert-OH is 1. The highest BCUT2D eigenvalue weighted by Gasteiger charge is 2.78. The van der Waals surface area contributed by atoms with Gasteiger partial charge in [0.1, 0.15) is 12.2 Å². The van der Waals surface area contributed by atoms with Crippen molar-refractivity contribution in [1.29, 1.82) is 5.41 Å². The average molecular weight is 540 g/mol. The molecule has 2 spiro atoms. The number of hydrogen-bond donors (Lipinski definition) is 2. The number of carbonyl (C=O) groups excluding carboxylic acids is 1. The van der Waals surface area contributed by atoms with Gasteiger partial charge in [0.25, 0.3) is 0 Å². The smallest absolute Gasteiger partial charge is 0.302 e. The predicted molar refractivity (Wildman–Crippen MR) is 155 cm³/mol. The molecule has 0 heterocycles. The molecule has 0 radical (unpaired) electrons. The molecule has 0 aromatic heterocycles. The summed E-state index contributed by atoms with van der Waals surface area (Å²) in [6, 6.07) is 0. The molecular weight excluding hydrogens is 486 g/mol. The number of allylic oxidation sites excluding steroid dienone is 3. The van der Waals surface area contributed by atoms with Gasteiger partial charge in [0.15, 0.2) is 0 Å². The van der Waals surface area contributed by atoms with Crippen LogP contribution in [0.25, 0.3) is 0 Å². The van der Waals surface area contributed by atoms with Gasteiger partial charge in [0.2, 0.25) is 0 Å². The Morgan fingerprint density at radius 3 is 2.62 bits per heavy atom. The van der Waals surface area contributed by atoms with Crippen LogP contribution >= 0.6 is 0 Å². The number of carbonyl (C=O) groups is 1. The van der Waals surface area contributed by atoms with E-state index in [1.165, 1.54) is 32.1 Å². The van der Waals surface area contributed by atoms with E-state index < -0.39 is 0 Å². The Bertz CT molecular complexity index is 1020. The minimum Gasteiger partial charge on any atom is -0.495 e. The number of ether oxygens (including phenoxy) is 2. The summed E-state index contributed by atoms with van der Waals surface area (Å²) in [5.41, 5.74) is 1.58. The lowest BCUT2D eigenvalue weighted by atomic mass is 9.49. The summed E-state index contributed by atoms with van der Waals surface area (Å²) < 4.78 is 12.8. The Hall–Kier alpha value is -1.62. The summed E-state index contributed by atoms with van der Waals surface area (Å²) in [5.74, 6) is 3.45. The van der Waals surface area contributed by atoms with Crippen LogP contribution in [0.3, 0.4) is 0 Å². The van der Waals surface area contributed by atoms with Crippen molar-refractivity contribution in [3.8, 4) is 0 Å². The first kappa shape index (κ1) is 28.9. The quantitative estimate of drug-likeness (QED) is 0.225. The third-order valence-corrected chi connectivity index (χ3v) is 12.8. The fourth-order valence-corrected chi connectivity index (χ4v) is 11.2. The van der Waals surface area contributed by atoms with E-state index in [9.17, 15) is 9.90 Å². The molecular formula is C34H53NO4. The lowest BCUT2D eigenvalue weighted by molar-refractivity contribution is -0.153.